The third kappa shape index (κ3) is 1.01. The lowest BCUT2D eigenvalue weighted by molar-refractivity contribution is 0.488. The maximum Gasteiger partial charge on any atom is 0.129 e. The van der Waals surface area contributed by atoms with Gasteiger partial charge in [-0.15, -0.1) is 0 Å². The molecule has 2 N–H and O–H groups in total. The molecule has 1 aromatic rings. The molecule has 0 amide bonds. The zero-order valence-electron chi connectivity index (χ0n) is 6.64. The Labute approximate surface area is 61.0 Å². The average Bonchev–Trinajstić information content (AvgIpc) is 2.14. The summed E-state index contributed by atoms with van der Waals surface area (Å²) in [5.41, 5.74) is 7.54. The van der Waals surface area contributed by atoms with E-state index in [0.717, 1.165) is 17.0 Å². The maximum atomic E-state index is 5.71. The Bertz CT molecular complexity index is 225. The van der Waals surface area contributed by atoms with Gasteiger partial charge in [0.15, 0.2) is 0 Å². The first-order valence-corrected chi connectivity index (χ1v) is 3.46. The lowest BCUT2D eigenvalue weighted by Crippen LogP contribution is -1.92. The SMILES string of the molecule is Cc1coc(C(C)C)c1N. The van der Waals surface area contributed by atoms with Crippen LogP contribution < -0.4 is 5.73 Å². The van der Waals surface area contributed by atoms with Crippen molar-refractivity contribution in [1.29, 1.82) is 0 Å². The summed E-state index contributed by atoms with van der Waals surface area (Å²) >= 11 is 0. The Kier molecular flexibility index (Phi) is 1.70. The van der Waals surface area contributed by atoms with Crippen molar-refractivity contribution >= 4 is 5.69 Å². The van der Waals surface area contributed by atoms with Crippen LogP contribution >= 0.6 is 0 Å². The quantitative estimate of drug-likeness (QED) is 0.648. The summed E-state index contributed by atoms with van der Waals surface area (Å²) in [6.45, 7) is 6.08. The number of hydrogen-bond acceptors (Lipinski definition) is 2. The Hall–Kier alpha value is -0.920. The molecule has 0 fully saturated rings. The number of hydrogen-bond donors (Lipinski definition) is 1. The van der Waals surface area contributed by atoms with Gasteiger partial charge in [-0.1, -0.05) is 13.8 Å². The monoisotopic (exact) mass is 139 g/mol. The summed E-state index contributed by atoms with van der Waals surface area (Å²) in [6, 6.07) is 0. The van der Waals surface area contributed by atoms with Gasteiger partial charge in [0.2, 0.25) is 0 Å². The molecule has 0 aliphatic carbocycles. The number of rotatable bonds is 1. The molecule has 0 radical (unpaired) electrons. The van der Waals surface area contributed by atoms with Crippen molar-refractivity contribution in [2.75, 3.05) is 5.73 Å². The number of aryl methyl sites for hydroxylation is 1. The van der Waals surface area contributed by atoms with E-state index in [1.807, 2.05) is 6.92 Å². The molecule has 2 heteroatoms. The van der Waals surface area contributed by atoms with Crippen molar-refractivity contribution in [2.45, 2.75) is 26.7 Å². The van der Waals surface area contributed by atoms with E-state index in [0.29, 0.717) is 5.92 Å². The highest BCUT2D eigenvalue weighted by molar-refractivity contribution is 5.49. The highest BCUT2D eigenvalue weighted by Gasteiger charge is 2.09. The first-order valence-electron chi connectivity index (χ1n) is 3.46. The molecule has 1 heterocycles. The molecular weight excluding hydrogens is 126 g/mol. The molecule has 0 atom stereocenters. The predicted molar refractivity (Wildman–Crippen MR) is 41.9 cm³/mol. The average molecular weight is 139 g/mol. The first-order chi connectivity index (χ1) is 4.63. The molecule has 2 nitrogen and oxygen atoms in total. The summed E-state index contributed by atoms with van der Waals surface area (Å²) in [5.74, 6) is 1.28. The van der Waals surface area contributed by atoms with Crippen LogP contribution in [0.1, 0.15) is 31.1 Å². The third-order valence-corrected chi connectivity index (χ3v) is 1.58. The second kappa shape index (κ2) is 2.37. The minimum atomic E-state index is 0.383. The van der Waals surface area contributed by atoms with Gasteiger partial charge in [0, 0.05) is 11.5 Å². The van der Waals surface area contributed by atoms with Gasteiger partial charge in [0.1, 0.15) is 5.76 Å². The molecule has 0 saturated heterocycles. The van der Waals surface area contributed by atoms with Crippen LogP contribution in [0.5, 0.6) is 0 Å². The number of nitrogen functional groups attached to an aromatic ring is 1. The van der Waals surface area contributed by atoms with Crippen molar-refractivity contribution in [3.63, 3.8) is 0 Å². The first kappa shape index (κ1) is 7.19. The number of anilines is 1. The smallest absolute Gasteiger partial charge is 0.129 e. The minimum Gasteiger partial charge on any atom is -0.467 e. The van der Waals surface area contributed by atoms with Gasteiger partial charge in [-0.3, -0.25) is 0 Å². The Morgan fingerprint density at radius 3 is 2.30 bits per heavy atom. The molecule has 0 spiro atoms. The van der Waals surface area contributed by atoms with Crippen LogP contribution in [-0.4, -0.2) is 0 Å². The molecule has 0 aromatic carbocycles. The van der Waals surface area contributed by atoms with Gasteiger partial charge in [0.25, 0.3) is 0 Å². The van der Waals surface area contributed by atoms with Crippen LogP contribution in [0.2, 0.25) is 0 Å². The molecule has 1 rings (SSSR count). The van der Waals surface area contributed by atoms with Crippen molar-refractivity contribution in [1.82, 2.24) is 0 Å². The molecule has 0 unspecified atom stereocenters. The number of furan rings is 1. The molecule has 10 heavy (non-hydrogen) atoms. The van der Waals surface area contributed by atoms with E-state index in [2.05, 4.69) is 13.8 Å². The van der Waals surface area contributed by atoms with E-state index in [4.69, 9.17) is 10.2 Å². The second-order valence-electron chi connectivity index (χ2n) is 2.85. The zero-order valence-corrected chi connectivity index (χ0v) is 6.64. The van der Waals surface area contributed by atoms with Crippen molar-refractivity contribution in [2.24, 2.45) is 0 Å². The van der Waals surface area contributed by atoms with E-state index in [-0.39, 0.29) is 0 Å². The Balaban J connectivity index is 3.05. The van der Waals surface area contributed by atoms with E-state index in [9.17, 15) is 0 Å². The van der Waals surface area contributed by atoms with E-state index >= 15 is 0 Å². The highest BCUT2D eigenvalue weighted by atomic mass is 16.3. The van der Waals surface area contributed by atoms with Gasteiger partial charge in [-0.2, -0.15) is 0 Å². The normalized spacial score (nSPS) is 10.8. The standard InChI is InChI=1S/C8H13NO/c1-5(2)8-7(9)6(3)4-10-8/h4-5H,9H2,1-3H3. The van der Waals surface area contributed by atoms with Crippen molar-refractivity contribution < 1.29 is 4.42 Å². The van der Waals surface area contributed by atoms with Gasteiger partial charge in [-0.25, -0.2) is 0 Å². The van der Waals surface area contributed by atoms with Gasteiger partial charge >= 0.3 is 0 Å². The third-order valence-electron chi connectivity index (χ3n) is 1.58. The molecule has 0 aliphatic rings. The van der Waals surface area contributed by atoms with Crippen LogP contribution in [0.25, 0.3) is 0 Å². The van der Waals surface area contributed by atoms with Crippen LogP contribution in [0, 0.1) is 6.92 Å². The second-order valence-corrected chi connectivity index (χ2v) is 2.85. The molecule has 0 aliphatic heterocycles. The molecule has 0 bridgehead atoms. The predicted octanol–water partition coefficient (Wildman–Crippen LogP) is 2.29. The van der Waals surface area contributed by atoms with Crippen molar-refractivity contribution in [3.05, 3.63) is 17.6 Å². The summed E-state index contributed by atoms with van der Waals surface area (Å²) in [7, 11) is 0. The van der Waals surface area contributed by atoms with Gasteiger partial charge in [-0.05, 0) is 6.92 Å². The van der Waals surface area contributed by atoms with Gasteiger partial charge in [0.05, 0.1) is 12.0 Å². The zero-order chi connectivity index (χ0) is 7.72. The fraction of sp³-hybridized carbons (Fsp3) is 0.500. The van der Waals surface area contributed by atoms with Crippen LogP contribution in [0.3, 0.4) is 0 Å². The topological polar surface area (TPSA) is 39.2 Å². The molecule has 1 aromatic heterocycles. The largest absolute Gasteiger partial charge is 0.467 e. The molecule has 0 saturated carbocycles. The number of nitrogens with two attached hydrogens (primary N) is 1. The van der Waals surface area contributed by atoms with Gasteiger partial charge < -0.3 is 10.2 Å². The van der Waals surface area contributed by atoms with Crippen LogP contribution in [0.4, 0.5) is 5.69 Å². The fourth-order valence-electron chi connectivity index (χ4n) is 0.920. The van der Waals surface area contributed by atoms with E-state index in [1.165, 1.54) is 0 Å². The summed E-state index contributed by atoms with van der Waals surface area (Å²) in [4.78, 5) is 0. The summed E-state index contributed by atoms with van der Waals surface area (Å²) < 4.78 is 5.23. The summed E-state index contributed by atoms with van der Waals surface area (Å²) in [6.07, 6.45) is 1.70. The van der Waals surface area contributed by atoms with Crippen LogP contribution in [-0.2, 0) is 0 Å². The van der Waals surface area contributed by atoms with Crippen molar-refractivity contribution in [3.8, 4) is 0 Å². The maximum absolute atomic E-state index is 5.71. The van der Waals surface area contributed by atoms with Crippen LogP contribution in [0.15, 0.2) is 10.7 Å². The van der Waals surface area contributed by atoms with E-state index < -0.39 is 0 Å². The fourth-order valence-corrected chi connectivity index (χ4v) is 0.920. The minimum absolute atomic E-state index is 0.383. The lowest BCUT2D eigenvalue weighted by Gasteiger charge is -2.00. The Morgan fingerprint density at radius 1 is 1.50 bits per heavy atom. The Morgan fingerprint density at radius 2 is 2.10 bits per heavy atom. The molecular formula is C8H13NO. The lowest BCUT2D eigenvalue weighted by atomic mass is 10.1. The molecule has 56 valence electrons. The van der Waals surface area contributed by atoms with E-state index in [1.54, 1.807) is 6.26 Å². The summed E-state index contributed by atoms with van der Waals surface area (Å²) in [5, 5.41) is 0. The highest BCUT2D eigenvalue weighted by Crippen LogP contribution is 2.25.